The second kappa shape index (κ2) is 20.8. The number of ketones is 4. The maximum Gasteiger partial charge on any atom is 0.305 e. The van der Waals surface area contributed by atoms with Crippen LogP contribution in [0.25, 0.3) is 10.9 Å². The Hall–Kier alpha value is -5.93. The predicted octanol–water partition coefficient (Wildman–Crippen LogP) is 4.75. The summed E-state index contributed by atoms with van der Waals surface area (Å²) in [5.74, 6) is -14.8. The van der Waals surface area contributed by atoms with Crippen molar-refractivity contribution >= 4 is 57.8 Å². The van der Waals surface area contributed by atoms with Gasteiger partial charge in [-0.15, -0.1) is 0 Å². The van der Waals surface area contributed by atoms with Gasteiger partial charge in [-0.25, -0.2) is 13.8 Å². The maximum absolute atomic E-state index is 14.0. The van der Waals surface area contributed by atoms with E-state index in [0.29, 0.717) is 5.52 Å². The number of aliphatic carboxylic acids is 2. The van der Waals surface area contributed by atoms with Gasteiger partial charge in [-0.2, -0.15) is 0 Å². The topological polar surface area (TPSA) is 223 Å². The summed E-state index contributed by atoms with van der Waals surface area (Å²) in [5, 5.41) is 24.7. The SMILES string of the molecule is CC(C)[C@H](CC(=O)[C@H](CC(=O)O)NC(=O)[C@@H](CC(=O)c1ccc2ccccc2n1)C(C)C)C(=O)N[C@@H](C)C(=O)C[C@@H](CC(=O)O)C(=O)COc1c(F)cccc1F. The number of nitrogens with one attached hydrogen (secondary N) is 2. The van der Waals surface area contributed by atoms with Crippen LogP contribution in [0.4, 0.5) is 8.78 Å². The molecule has 3 aromatic rings. The number of pyridine rings is 1. The van der Waals surface area contributed by atoms with E-state index < -0.39 is 138 Å². The number of fused-ring (bicyclic) bond motifs is 1. The molecule has 306 valence electrons. The Morgan fingerprint density at radius 2 is 1.23 bits per heavy atom. The zero-order chi connectivity index (χ0) is 42.6. The number of ether oxygens (including phenoxy) is 1. The van der Waals surface area contributed by atoms with Gasteiger partial charge in [-0.3, -0.25) is 38.4 Å². The lowest BCUT2D eigenvalue weighted by Gasteiger charge is -2.26. The van der Waals surface area contributed by atoms with Crippen molar-refractivity contribution in [2.75, 3.05) is 6.61 Å². The van der Waals surface area contributed by atoms with Crippen LogP contribution in [0.15, 0.2) is 54.6 Å². The molecule has 0 bridgehead atoms. The van der Waals surface area contributed by atoms with E-state index in [1.807, 2.05) is 12.1 Å². The first-order valence-corrected chi connectivity index (χ1v) is 18.4. The van der Waals surface area contributed by atoms with E-state index in [-0.39, 0.29) is 12.1 Å². The number of halogens is 2. The first-order chi connectivity index (χ1) is 26.8. The minimum atomic E-state index is -1.57. The number of aromatic nitrogens is 1. The van der Waals surface area contributed by atoms with Crippen LogP contribution in [0, 0.1) is 41.2 Å². The Bertz CT molecular complexity index is 1980. The first kappa shape index (κ1) is 45.5. The number of hydrogen-bond acceptors (Lipinski definition) is 10. The van der Waals surface area contributed by atoms with Crippen LogP contribution in [0.1, 0.15) is 77.2 Å². The van der Waals surface area contributed by atoms with Crippen molar-refractivity contribution in [1.29, 1.82) is 0 Å². The fourth-order valence-corrected chi connectivity index (χ4v) is 6.06. The second-order valence-electron chi connectivity index (χ2n) is 14.5. The van der Waals surface area contributed by atoms with E-state index in [4.69, 9.17) is 4.74 Å². The van der Waals surface area contributed by atoms with Crippen molar-refractivity contribution in [1.82, 2.24) is 15.6 Å². The van der Waals surface area contributed by atoms with E-state index in [1.54, 1.807) is 52.0 Å². The minimum Gasteiger partial charge on any atom is -0.481 e. The van der Waals surface area contributed by atoms with Gasteiger partial charge in [0.05, 0.1) is 30.4 Å². The number of carboxylic acid groups (broad SMARTS) is 2. The number of carboxylic acids is 2. The van der Waals surface area contributed by atoms with Crippen molar-refractivity contribution in [3.05, 3.63) is 71.9 Å². The standard InChI is InChI=1S/C41H47F2N3O11/c1-21(2)26(40(55)44-23(5)33(47)15-25(16-37(51)52)36(50)20-57-39-28(42)10-8-11-29(39)43)18-35(49)32(19-38(53)54)46-41(56)27(22(3)4)17-34(48)31-14-13-24-9-6-7-12-30(24)45-31/h6-14,21-23,25-27,32H,15-20H2,1-5H3,(H,44,55)(H,46,56)(H,51,52)(H,53,54)/t23-,25-,26-,27-,32-/m0/s1. The molecule has 2 amide bonds. The molecule has 0 aliphatic heterocycles. The van der Waals surface area contributed by atoms with Crippen molar-refractivity contribution in [3.63, 3.8) is 0 Å². The smallest absolute Gasteiger partial charge is 0.305 e. The van der Waals surface area contributed by atoms with Crippen molar-refractivity contribution < 1.29 is 62.1 Å². The summed E-state index contributed by atoms with van der Waals surface area (Å²) < 4.78 is 32.9. The highest BCUT2D eigenvalue weighted by atomic mass is 19.1. The molecule has 0 aliphatic carbocycles. The number of carbonyl (C=O) groups excluding carboxylic acids is 6. The Morgan fingerprint density at radius 1 is 0.649 bits per heavy atom. The van der Waals surface area contributed by atoms with Gasteiger partial charge in [0, 0.05) is 42.4 Å². The number of para-hydroxylation sites is 2. The summed E-state index contributed by atoms with van der Waals surface area (Å²) in [5.41, 5.74) is 0.724. The van der Waals surface area contributed by atoms with Gasteiger partial charge < -0.3 is 25.6 Å². The molecule has 1 aromatic heterocycles. The largest absolute Gasteiger partial charge is 0.481 e. The fraction of sp³-hybridized carbons (Fsp3) is 0.439. The molecule has 0 radical (unpaired) electrons. The summed E-state index contributed by atoms with van der Waals surface area (Å²) in [4.78, 5) is 107. The number of benzene rings is 2. The van der Waals surface area contributed by atoms with Crippen LogP contribution >= 0.6 is 0 Å². The lowest BCUT2D eigenvalue weighted by Crippen LogP contribution is -2.48. The number of hydrogen-bond donors (Lipinski definition) is 4. The molecule has 0 fully saturated rings. The molecule has 0 spiro atoms. The van der Waals surface area contributed by atoms with Crippen molar-refractivity contribution in [2.45, 2.75) is 78.8 Å². The summed E-state index contributed by atoms with van der Waals surface area (Å²) in [6, 6.07) is 10.5. The highest BCUT2D eigenvalue weighted by Crippen LogP contribution is 2.24. The summed E-state index contributed by atoms with van der Waals surface area (Å²) in [6.07, 6.45) is -3.13. The number of nitrogens with zero attached hydrogens (tertiary/aromatic N) is 1. The van der Waals surface area contributed by atoms with Gasteiger partial charge in [0.15, 0.2) is 40.5 Å². The molecular formula is C41H47F2N3O11. The van der Waals surface area contributed by atoms with E-state index in [2.05, 4.69) is 15.6 Å². The maximum atomic E-state index is 14.0. The van der Waals surface area contributed by atoms with Gasteiger partial charge in [0.2, 0.25) is 11.8 Å². The Balaban J connectivity index is 1.68. The first-order valence-electron chi connectivity index (χ1n) is 18.4. The molecule has 0 saturated carbocycles. The number of carbonyl (C=O) groups is 8. The van der Waals surface area contributed by atoms with Gasteiger partial charge in [-0.1, -0.05) is 58.0 Å². The fourth-order valence-electron chi connectivity index (χ4n) is 6.06. The second-order valence-corrected chi connectivity index (χ2v) is 14.5. The lowest BCUT2D eigenvalue weighted by atomic mass is 9.86. The van der Waals surface area contributed by atoms with Gasteiger partial charge >= 0.3 is 11.9 Å². The van der Waals surface area contributed by atoms with Crippen LogP contribution in [0.2, 0.25) is 0 Å². The molecule has 0 unspecified atom stereocenters. The average molecular weight is 796 g/mol. The molecule has 2 aromatic carbocycles. The van der Waals surface area contributed by atoms with Crippen molar-refractivity contribution in [3.8, 4) is 5.75 Å². The average Bonchev–Trinajstić information content (AvgIpc) is 3.13. The molecule has 4 N–H and O–H groups in total. The van der Waals surface area contributed by atoms with Crippen LogP contribution < -0.4 is 15.4 Å². The molecule has 5 atom stereocenters. The zero-order valence-electron chi connectivity index (χ0n) is 32.3. The van der Waals surface area contributed by atoms with Gasteiger partial charge in [-0.05, 0) is 43.0 Å². The summed E-state index contributed by atoms with van der Waals surface area (Å²) in [6.45, 7) is 6.95. The minimum absolute atomic E-state index is 0.137. The molecule has 16 heteroatoms. The predicted molar refractivity (Wildman–Crippen MR) is 201 cm³/mol. The van der Waals surface area contributed by atoms with E-state index in [1.165, 1.54) is 6.92 Å². The monoisotopic (exact) mass is 795 g/mol. The third-order valence-electron chi connectivity index (χ3n) is 9.52. The van der Waals surface area contributed by atoms with Crippen LogP contribution in [-0.4, -0.2) is 80.8 Å². The molecule has 14 nitrogen and oxygen atoms in total. The quantitative estimate of drug-likeness (QED) is 0.0955. The Labute approximate surface area is 327 Å². The number of rotatable bonds is 23. The molecule has 1 heterocycles. The Kier molecular flexibility index (Phi) is 16.6. The van der Waals surface area contributed by atoms with Crippen molar-refractivity contribution in [2.24, 2.45) is 29.6 Å². The summed E-state index contributed by atoms with van der Waals surface area (Å²) in [7, 11) is 0. The zero-order valence-corrected chi connectivity index (χ0v) is 32.3. The normalized spacial score (nSPS) is 13.9. The Morgan fingerprint density at radius 3 is 1.82 bits per heavy atom. The van der Waals surface area contributed by atoms with Crippen LogP contribution in [-0.2, 0) is 33.6 Å². The highest BCUT2D eigenvalue weighted by Gasteiger charge is 2.35. The summed E-state index contributed by atoms with van der Waals surface area (Å²) >= 11 is 0. The molecule has 0 aliphatic rings. The van der Waals surface area contributed by atoms with Gasteiger partial charge in [0.25, 0.3) is 0 Å². The van der Waals surface area contributed by atoms with E-state index in [9.17, 15) is 57.4 Å². The highest BCUT2D eigenvalue weighted by molar-refractivity contribution is 6.00. The molecule has 0 saturated heterocycles. The molecule has 57 heavy (non-hydrogen) atoms. The van der Waals surface area contributed by atoms with E-state index in [0.717, 1.165) is 23.6 Å². The molecule has 3 rings (SSSR count). The number of amides is 2. The van der Waals surface area contributed by atoms with Gasteiger partial charge in [0.1, 0.15) is 12.3 Å². The third-order valence-corrected chi connectivity index (χ3v) is 9.52. The van der Waals surface area contributed by atoms with E-state index >= 15 is 0 Å². The third kappa shape index (κ3) is 13.4. The van der Waals surface area contributed by atoms with Crippen LogP contribution in [0.5, 0.6) is 5.75 Å². The number of Topliss-reactive ketones (excluding diaryl/α,β-unsaturated/α-hetero) is 4. The molecular weight excluding hydrogens is 748 g/mol. The van der Waals surface area contributed by atoms with Crippen LogP contribution in [0.3, 0.4) is 0 Å². The lowest BCUT2D eigenvalue weighted by molar-refractivity contribution is -0.142.